The predicted octanol–water partition coefficient (Wildman–Crippen LogP) is 3.24. The molecule has 3 nitrogen and oxygen atoms in total. The van der Waals surface area contributed by atoms with Crippen LogP contribution in [0.15, 0.2) is 30.5 Å². The van der Waals surface area contributed by atoms with Crippen LogP contribution >= 0.6 is 15.9 Å². The molecule has 0 saturated heterocycles. The Hall–Kier alpha value is -1.16. The lowest BCUT2D eigenvalue weighted by Gasteiger charge is -2.34. The van der Waals surface area contributed by atoms with Gasteiger partial charge in [-0.1, -0.05) is 34.1 Å². The first-order chi connectivity index (χ1) is 8.72. The summed E-state index contributed by atoms with van der Waals surface area (Å²) in [5.41, 5.74) is 1.02. The van der Waals surface area contributed by atoms with E-state index in [-0.39, 0.29) is 0 Å². The Morgan fingerprint density at radius 2 is 2.11 bits per heavy atom. The third kappa shape index (κ3) is 2.34. The molecular formula is C14H16BrN3. The van der Waals surface area contributed by atoms with Crippen LogP contribution in [0.4, 0.5) is 5.95 Å². The molecule has 0 aliphatic heterocycles. The number of para-hydroxylation sites is 1. The van der Waals surface area contributed by atoms with E-state index in [0.717, 1.165) is 29.3 Å². The number of halogens is 1. The van der Waals surface area contributed by atoms with Gasteiger partial charge in [-0.25, -0.2) is 9.97 Å². The Labute approximate surface area is 115 Å². The number of hydrogen-bond acceptors (Lipinski definition) is 3. The van der Waals surface area contributed by atoms with Crippen molar-refractivity contribution in [3.05, 3.63) is 30.5 Å². The van der Waals surface area contributed by atoms with Crippen molar-refractivity contribution in [3.63, 3.8) is 0 Å². The Balaban J connectivity index is 1.76. The van der Waals surface area contributed by atoms with Gasteiger partial charge < -0.3 is 4.90 Å². The van der Waals surface area contributed by atoms with Gasteiger partial charge in [-0.3, -0.25) is 0 Å². The molecule has 0 unspecified atom stereocenters. The summed E-state index contributed by atoms with van der Waals surface area (Å²) in [5, 5.41) is 1.10. The van der Waals surface area contributed by atoms with Gasteiger partial charge in [-0.2, -0.15) is 0 Å². The number of rotatable bonds is 3. The zero-order valence-corrected chi connectivity index (χ0v) is 12.0. The SMILES string of the molecule is CN(CC1CC(Br)C1)c1ncc2ccccc2n1. The molecule has 0 radical (unpaired) electrons. The van der Waals surface area contributed by atoms with Crippen molar-refractivity contribution < 1.29 is 0 Å². The molecule has 1 aliphatic rings. The topological polar surface area (TPSA) is 29.0 Å². The van der Waals surface area contributed by atoms with Crippen LogP contribution in [0.25, 0.3) is 10.9 Å². The first-order valence-electron chi connectivity index (χ1n) is 6.29. The lowest BCUT2D eigenvalue weighted by Crippen LogP contribution is -2.35. The fraction of sp³-hybridized carbons (Fsp3) is 0.429. The largest absolute Gasteiger partial charge is 0.344 e. The molecule has 0 N–H and O–H groups in total. The average Bonchev–Trinajstić information content (AvgIpc) is 2.36. The molecular weight excluding hydrogens is 290 g/mol. The maximum Gasteiger partial charge on any atom is 0.225 e. The van der Waals surface area contributed by atoms with Gasteiger partial charge in [0.05, 0.1) is 5.52 Å². The van der Waals surface area contributed by atoms with Crippen molar-refractivity contribution >= 4 is 32.8 Å². The van der Waals surface area contributed by atoms with Gasteiger partial charge in [0.1, 0.15) is 0 Å². The van der Waals surface area contributed by atoms with Crippen molar-refractivity contribution in [2.45, 2.75) is 17.7 Å². The molecule has 0 bridgehead atoms. The minimum absolute atomic E-state index is 0.716. The van der Waals surface area contributed by atoms with E-state index >= 15 is 0 Å². The first-order valence-corrected chi connectivity index (χ1v) is 7.21. The zero-order valence-electron chi connectivity index (χ0n) is 10.4. The predicted molar refractivity (Wildman–Crippen MR) is 78.2 cm³/mol. The van der Waals surface area contributed by atoms with E-state index in [9.17, 15) is 0 Å². The van der Waals surface area contributed by atoms with Crippen LogP contribution in [0.5, 0.6) is 0 Å². The van der Waals surface area contributed by atoms with Crippen molar-refractivity contribution in [2.24, 2.45) is 5.92 Å². The van der Waals surface area contributed by atoms with Crippen LogP contribution in [0, 0.1) is 5.92 Å². The van der Waals surface area contributed by atoms with Crippen molar-refractivity contribution in [1.82, 2.24) is 9.97 Å². The van der Waals surface area contributed by atoms with Crippen LogP contribution in [-0.2, 0) is 0 Å². The molecule has 1 fully saturated rings. The highest BCUT2D eigenvalue weighted by atomic mass is 79.9. The summed E-state index contributed by atoms with van der Waals surface area (Å²) in [6, 6.07) is 8.10. The van der Waals surface area contributed by atoms with E-state index in [1.54, 1.807) is 0 Å². The average molecular weight is 306 g/mol. The van der Waals surface area contributed by atoms with E-state index in [2.05, 4.69) is 37.8 Å². The maximum absolute atomic E-state index is 4.61. The zero-order chi connectivity index (χ0) is 12.5. The van der Waals surface area contributed by atoms with Gasteiger partial charge in [-0.05, 0) is 24.8 Å². The number of anilines is 1. The van der Waals surface area contributed by atoms with Gasteiger partial charge in [0.2, 0.25) is 5.95 Å². The van der Waals surface area contributed by atoms with Crippen molar-refractivity contribution in [1.29, 1.82) is 0 Å². The fourth-order valence-corrected chi connectivity index (χ4v) is 3.48. The number of aromatic nitrogens is 2. The van der Waals surface area contributed by atoms with Crippen LogP contribution in [0.2, 0.25) is 0 Å². The first kappa shape index (κ1) is 11.9. The van der Waals surface area contributed by atoms with Crippen molar-refractivity contribution in [2.75, 3.05) is 18.5 Å². The van der Waals surface area contributed by atoms with Crippen LogP contribution in [0.3, 0.4) is 0 Å². The lowest BCUT2D eigenvalue weighted by atomic mass is 9.85. The Morgan fingerprint density at radius 1 is 1.33 bits per heavy atom. The van der Waals surface area contributed by atoms with Crippen LogP contribution < -0.4 is 4.90 Å². The molecule has 2 aromatic rings. The van der Waals surface area contributed by atoms with Crippen molar-refractivity contribution in [3.8, 4) is 0 Å². The van der Waals surface area contributed by atoms with E-state index in [1.807, 2.05) is 30.5 Å². The molecule has 0 atom stereocenters. The standard InChI is InChI=1S/C14H16BrN3/c1-18(9-10-6-12(15)7-10)14-16-8-11-4-2-3-5-13(11)17-14/h2-5,8,10,12H,6-7,9H2,1H3. The smallest absolute Gasteiger partial charge is 0.225 e. The summed E-state index contributed by atoms with van der Waals surface area (Å²) in [4.78, 5) is 11.9. The monoisotopic (exact) mass is 305 g/mol. The second kappa shape index (κ2) is 4.84. The summed E-state index contributed by atoms with van der Waals surface area (Å²) in [7, 11) is 2.08. The molecule has 1 saturated carbocycles. The molecule has 1 aliphatic carbocycles. The Morgan fingerprint density at radius 3 is 2.89 bits per heavy atom. The highest BCUT2D eigenvalue weighted by molar-refractivity contribution is 9.09. The highest BCUT2D eigenvalue weighted by Crippen LogP contribution is 2.34. The summed E-state index contributed by atoms with van der Waals surface area (Å²) >= 11 is 3.63. The van der Waals surface area contributed by atoms with E-state index in [1.165, 1.54) is 12.8 Å². The van der Waals surface area contributed by atoms with Crippen LogP contribution in [0.1, 0.15) is 12.8 Å². The summed E-state index contributed by atoms with van der Waals surface area (Å²) in [6.45, 7) is 1.04. The summed E-state index contributed by atoms with van der Waals surface area (Å²) in [6.07, 6.45) is 4.43. The Kier molecular flexibility index (Phi) is 3.20. The van der Waals surface area contributed by atoms with E-state index < -0.39 is 0 Å². The molecule has 1 heterocycles. The molecule has 94 valence electrons. The molecule has 1 aromatic carbocycles. The maximum atomic E-state index is 4.61. The van der Waals surface area contributed by atoms with Gasteiger partial charge in [0.15, 0.2) is 0 Å². The number of alkyl halides is 1. The highest BCUT2D eigenvalue weighted by Gasteiger charge is 2.28. The van der Waals surface area contributed by atoms with Gasteiger partial charge in [0, 0.05) is 30.0 Å². The Bertz CT molecular complexity index is 551. The van der Waals surface area contributed by atoms with Gasteiger partial charge in [-0.15, -0.1) is 0 Å². The van der Waals surface area contributed by atoms with E-state index in [4.69, 9.17) is 0 Å². The normalized spacial score (nSPS) is 22.8. The number of hydrogen-bond donors (Lipinski definition) is 0. The molecule has 4 heteroatoms. The number of benzene rings is 1. The molecule has 0 spiro atoms. The molecule has 3 rings (SSSR count). The summed E-state index contributed by atoms with van der Waals surface area (Å²) < 4.78 is 0. The minimum Gasteiger partial charge on any atom is -0.344 e. The lowest BCUT2D eigenvalue weighted by molar-refractivity contribution is 0.338. The minimum atomic E-state index is 0.716. The third-order valence-electron chi connectivity index (χ3n) is 3.53. The fourth-order valence-electron chi connectivity index (χ4n) is 2.42. The second-order valence-corrected chi connectivity index (χ2v) is 6.34. The number of fused-ring (bicyclic) bond motifs is 1. The van der Waals surface area contributed by atoms with Gasteiger partial charge >= 0.3 is 0 Å². The number of nitrogens with zero attached hydrogens (tertiary/aromatic N) is 3. The summed E-state index contributed by atoms with van der Waals surface area (Å²) in [5.74, 6) is 1.60. The molecule has 18 heavy (non-hydrogen) atoms. The second-order valence-electron chi connectivity index (χ2n) is 5.04. The van der Waals surface area contributed by atoms with E-state index in [0.29, 0.717) is 4.83 Å². The van der Waals surface area contributed by atoms with Gasteiger partial charge in [0.25, 0.3) is 0 Å². The molecule has 0 amide bonds. The third-order valence-corrected chi connectivity index (χ3v) is 4.28. The quantitative estimate of drug-likeness (QED) is 0.815. The molecule has 1 aromatic heterocycles. The van der Waals surface area contributed by atoms with Crippen LogP contribution in [-0.4, -0.2) is 28.4 Å².